The van der Waals surface area contributed by atoms with Gasteiger partial charge in [-0.3, -0.25) is 4.21 Å². The van der Waals surface area contributed by atoms with Crippen molar-refractivity contribution in [3.63, 3.8) is 0 Å². The molecule has 0 radical (unpaired) electrons. The Bertz CT molecular complexity index is 451. The molecule has 102 valence electrons. The predicted octanol–water partition coefficient (Wildman–Crippen LogP) is 2.26. The van der Waals surface area contributed by atoms with Crippen molar-refractivity contribution in [1.29, 1.82) is 0 Å². The first-order chi connectivity index (χ1) is 8.39. The maximum absolute atomic E-state index is 11.1. The van der Waals surface area contributed by atoms with E-state index < -0.39 is 10.8 Å². The van der Waals surface area contributed by atoms with Gasteiger partial charge in [-0.2, -0.15) is 0 Å². The number of aliphatic hydroxyl groups is 1. The number of aliphatic hydroxyl groups excluding tert-OH is 1. The molecule has 0 fully saturated rings. The molecule has 1 N–H and O–H groups in total. The average molecular weight is 269 g/mol. The minimum absolute atomic E-state index is 0.163. The van der Waals surface area contributed by atoms with Crippen molar-refractivity contribution in [3.8, 4) is 0 Å². The highest BCUT2D eigenvalue weighted by atomic mass is 32.2. The lowest BCUT2D eigenvalue weighted by molar-refractivity contribution is 0.0979. The Kier molecular flexibility index (Phi) is 3.97. The molecule has 0 bridgehead atoms. The maximum atomic E-state index is 11.1. The first-order valence-electron chi connectivity index (χ1n) is 6.55. The van der Waals surface area contributed by atoms with Crippen LogP contribution in [0, 0.1) is 5.41 Å². The smallest absolute Gasteiger partial charge is 0.0812 e. The van der Waals surface area contributed by atoms with E-state index >= 15 is 0 Å². The van der Waals surface area contributed by atoms with Crippen LogP contribution in [0.25, 0.3) is 0 Å². The zero-order valence-electron chi connectivity index (χ0n) is 11.5. The van der Waals surface area contributed by atoms with Crippen LogP contribution < -0.4 is 0 Å². The van der Waals surface area contributed by atoms with Crippen molar-refractivity contribution in [2.45, 2.75) is 45.8 Å². The van der Waals surface area contributed by atoms with Crippen LogP contribution in [0.2, 0.25) is 0 Å². The van der Waals surface area contributed by atoms with Gasteiger partial charge in [0.15, 0.2) is 0 Å². The van der Waals surface area contributed by atoms with E-state index in [4.69, 9.17) is 0 Å². The third kappa shape index (κ3) is 3.04. The Labute approximate surface area is 112 Å². The Morgan fingerprint density at radius 1 is 1.56 bits per heavy atom. The van der Waals surface area contributed by atoms with Crippen LogP contribution in [0.15, 0.2) is 12.3 Å². The third-order valence-electron chi connectivity index (χ3n) is 3.70. The summed E-state index contributed by atoms with van der Waals surface area (Å²) in [7, 11) is -0.714. The second-order valence-electron chi connectivity index (χ2n) is 6.10. The van der Waals surface area contributed by atoms with Crippen molar-refractivity contribution in [2.75, 3.05) is 12.0 Å². The highest BCUT2D eigenvalue weighted by Crippen LogP contribution is 2.41. The quantitative estimate of drug-likeness (QED) is 0.911. The third-order valence-corrected chi connectivity index (χ3v) is 4.56. The van der Waals surface area contributed by atoms with Gasteiger partial charge >= 0.3 is 0 Å². The van der Waals surface area contributed by atoms with Gasteiger partial charge < -0.3 is 9.67 Å². The molecule has 0 aromatic carbocycles. The average Bonchev–Trinajstić information content (AvgIpc) is 2.59. The standard InChI is InChI=1S/C14H23NO2S/c1-14(2)9-12-11(13(16)10-14)5-7-15(12)6-4-8-18(3)17/h5,7,13,16H,4,6,8-10H2,1-3H3. The van der Waals surface area contributed by atoms with Gasteiger partial charge in [0.25, 0.3) is 0 Å². The normalized spacial score (nSPS) is 23.7. The minimum atomic E-state index is -0.714. The molecule has 1 aliphatic carbocycles. The fourth-order valence-electron chi connectivity index (χ4n) is 2.84. The van der Waals surface area contributed by atoms with Gasteiger partial charge in [0.05, 0.1) is 6.10 Å². The SMILES string of the molecule is CS(=O)CCCn1ccc2c1CC(C)(C)CC2O. The number of hydrogen-bond donors (Lipinski definition) is 1. The molecule has 4 heteroatoms. The molecule has 3 nitrogen and oxygen atoms in total. The van der Waals surface area contributed by atoms with E-state index in [0.29, 0.717) is 0 Å². The number of aromatic nitrogens is 1. The Balaban J connectivity index is 2.12. The van der Waals surface area contributed by atoms with E-state index in [1.165, 1.54) is 5.69 Å². The first kappa shape index (κ1) is 13.8. The second-order valence-corrected chi connectivity index (χ2v) is 7.66. The Morgan fingerprint density at radius 2 is 2.28 bits per heavy atom. The molecule has 1 aromatic heterocycles. The lowest BCUT2D eigenvalue weighted by Crippen LogP contribution is -2.26. The molecule has 0 amide bonds. The maximum Gasteiger partial charge on any atom is 0.0812 e. The fourth-order valence-corrected chi connectivity index (χ4v) is 3.37. The van der Waals surface area contributed by atoms with Crippen LogP contribution in [0.4, 0.5) is 0 Å². The summed E-state index contributed by atoms with van der Waals surface area (Å²) in [5.41, 5.74) is 2.52. The van der Waals surface area contributed by atoms with Crippen molar-refractivity contribution < 1.29 is 9.32 Å². The summed E-state index contributed by atoms with van der Waals surface area (Å²) in [5.74, 6) is 0.749. The molecule has 1 aromatic rings. The topological polar surface area (TPSA) is 42.2 Å². The van der Waals surface area contributed by atoms with Gasteiger partial charge in [-0.1, -0.05) is 13.8 Å². The van der Waals surface area contributed by atoms with Gasteiger partial charge in [0.1, 0.15) is 0 Å². The number of nitrogens with zero attached hydrogens (tertiary/aromatic N) is 1. The molecular formula is C14H23NO2S. The van der Waals surface area contributed by atoms with E-state index in [2.05, 4.69) is 24.6 Å². The first-order valence-corrected chi connectivity index (χ1v) is 8.28. The molecular weight excluding hydrogens is 246 g/mol. The van der Waals surface area contributed by atoms with Crippen LogP contribution in [-0.2, 0) is 23.8 Å². The summed E-state index contributed by atoms with van der Waals surface area (Å²) in [6.45, 7) is 5.31. The molecule has 0 spiro atoms. The molecule has 2 atom stereocenters. The molecule has 0 saturated heterocycles. The monoisotopic (exact) mass is 269 g/mol. The lowest BCUT2D eigenvalue weighted by Gasteiger charge is -2.34. The van der Waals surface area contributed by atoms with Gasteiger partial charge in [-0.05, 0) is 30.7 Å². The molecule has 0 aliphatic heterocycles. The lowest BCUT2D eigenvalue weighted by atomic mass is 9.75. The molecule has 2 unspecified atom stereocenters. The van der Waals surface area contributed by atoms with Crippen LogP contribution >= 0.6 is 0 Å². The number of fused-ring (bicyclic) bond motifs is 1. The summed E-state index contributed by atoms with van der Waals surface area (Å²) in [6, 6.07) is 2.04. The highest BCUT2D eigenvalue weighted by Gasteiger charge is 2.32. The van der Waals surface area contributed by atoms with E-state index in [1.54, 1.807) is 6.26 Å². The van der Waals surface area contributed by atoms with Gasteiger partial charge in [0.2, 0.25) is 0 Å². The molecule has 0 saturated carbocycles. The molecule has 1 heterocycles. The van der Waals surface area contributed by atoms with Crippen molar-refractivity contribution in [1.82, 2.24) is 4.57 Å². The van der Waals surface area contributed by atoms with Gasteiger partial charge in [-0.25, -0.2) is 0 Å². The van der Waals surface area contributed by atoms with Crippen LogP contribution in [0.1, 0.15) is 44.1 Å². The summed E-state index contributed by atoms with van der Waals surface area (Å²) in [4.78, 5) is 0. The second kappa shape index (κ2) is 5.17. The molecule has 18 heavy (non-hydrogen) atoms. The van der Waals surface area contributed by atoms with E-state index in [0.717, 1.165) is 37.1 Å². The summed E-state index contributed by atoms with van der Waals surface area (Å²) < 4.78 is 13.3. The van der Waals surface area contributed by atoms with Crippen LogP contribution in [-0.4, -0.2) is 25.9 Å². The zero-order valence-corrected chi connectivity index (χ0v) is 12.3. The number of hydrogen-bond acceptors (Lipinski definition) is 2. The van der Waals surface area contributed by atoms with Crippen molar-refractivity contribution >= 4 is 10.8 Å². The van der Waals surface area contributed by atoms with Crippen LogP contribution in [0.3, 0.4) is 0 Å². The van der Waals surface area contributed by atoms with E-state index in [-0.39, 0.29) is 11.5 Å². The van der Waals surface area contributed by atoms with E-state index in [1.807, 2.05) is 6.07 Å². The number of rotatable bonds is 4. The van der Waals surface area contributed by atoms with E-state index in [9.17, 15) is 9.32 Å². The fraction of sp³-hybridized carbons (Fsp3) is 0.714. The van der Waals surface area contributed by atoms with Crippen molar-refractivity contribution in [3.05, 3.63) is 23.5 Å². The van der Waals surface area contributed by atoms with Crippen molar-refractivity contribution in [2.24, 2.45) is 5.41 Å². The summed E-state index contributed by atoms with van der Waals surface area (Å²) in [5, 5.41) is 10.2. The predicted molar refractivity (Wildman–Crippen MR) is 75.0 cm³/mol. The zero-order chi connectivity index (χ0) is 13.3. The highest BCUT2D eigenvalue weighted by molar-refractivity contribution is 7.84. The largest absolute Gasteiger partial charge is 0.388 e. The molecule has 2 rings (SSSR count). The Hall–Kier alpha value is -0.610. The van der Waals surface area contributed by atoms with Gasteiger partial charge in [0, 0.05) is 46.8 Å². The molecule has 1 aliphatic rings. The van der Waals surface area contributed by atoms with Crippen LogP contribution in [0.5, 0.6) is 0 Å². The number of aryl methyl sites for hydroxylation is 1. The summed E-state index contributed by atoms with van der Waals surface area (Å²) in [6.07, 6.45) is 6.27. The minimum Gasteiger partial charge on any atom is -0.388 e. The van der Waals surface area contributed by atoms with Gasteiger partial charge in [-0.15, -0.1) is 0 Å². The Morgan fingerprint density at radius 3 is 2.94 bits per heavy atom. The summed E-state index contributed by atoms with van der Waals surface area (Å²) >= 11 is 0.